The largest absolute Gasteiger partial charge is 0.416 e. The maximum Gasteiger partial charge on any atom is 0.416 e. The summed E-state index contributed by atoms with van der Waals surface area (Å²) < 4.78 is 40.7. The first-order valence-electron chi connectivity index (χ1n) is 10.6. The number of hydrogen-bond donors (Lipinski definition) is 1. The number of nitrogens with zero attached hydrogens (tertiary/aromatic N) is 2. The minimum absolute atomic E-state index is 0.150. The lowest BCUT2D eigenvalue weighted by atomic mass is 10.0. The Labute approximate surface area is 195 Å². The van der Waals surface area contributed by atoms with Crippen LogP contribution in [0.3, 0.4) is 0 Å². The molecule has 0 aliphatic heterocycles. The normalized spacial score (nSPS) is 11.9. The lowest BCUT2D eigenvalue weighted by molar-refractivity contribution is -0.137. The van der Waals surface area contributed by atoms with Crippen molar-refractivity contribution in [2.24, 2.45) is 0 Å². The maximum absolute atomic E-state index is 13.2. The second-order valence-corrected chi connectivity index (χ2v) is 7.82. The monoisotopic (exact) mass is 461 g/mol. The second-order valence-electron chi connectivity index (χ2n) is 7.82. The van der Waals surface area contributed by atoms with Crippen LogP contribution in [0.25, 0.3) is 11.6 Å². The van der Waals surface area contributed by atoms with Gasteiger partial charge >= 0.3 is 6.18 Å². The first kappa shape index (κ1) is 23.0. The lowest BCUT2D eigenvalue weighted by Crippen LogP contribution is -2.14. The van der Waals surface area contributed by atoms with Crippen molar-refractivity contribution >= 4 is 23.4 Å². The average Bonchev–Trinajstić information content (AvgIpc) is 3.16. The van der Waals surface area contributed by atoms with Crippen LogP contribution in [-0.4, -0.2) is 15.7 Å². The quantitative estimate of drug-likeness (QED) is 0.265. The van der Waals surface area contributed by atoms with Gasteiger partial charge in [-0.15, -0.1) is 0 Å². The molecule has 0 aliphatic rings. The van der Waals surface area contributed by atoms with E-state index in [0.717, 1.165) is 23.3 Å². The van der Waals surface area contributed by atoms with E-state index in [1.807, 2.05) is 60.7 Å². The summed E-state index contributed by atoms with van der Waals surface area (Å²) in [6.07, 6.45) is -2.61. The number of hydrogen-bond acceptors (Lipinski definition) is 2. The maximum atomic E-state index is 13.2. The van der Waals surface area contributed by atoms with Gasteiger partial charge in [0.1, 0.15) is 0 Å². The number of carbonyl (C=O) groups is 1. The number of rotatable bonds is 6. The van der Waals surface area contributed by atoms with Crippen molar-refractivity contribution in [1.29, 1.82) is 0 Å². The van der Waals surface area contributed by atoms with Gasteiger partial charge in [-0.3, -0.25) is 9.48 Å². The Balaban J connectivity index is 1.57. The van der Waals surface area contributed by atoms with Crippen LogP contribution in [0.4, 0.5) is 19.0 Å². The third kappa shape index (κ3) is 5.61. The molecule has 0 atom stereocenters. The van der Waals surface area contributed by atoms with Gasteiger partial charge in [-0.05, 0) is 41.8 Å². The zero-order valence-electron chi connectivity index (χ0n) is 18.4. The van der Waals surface area contributed by atoms with Crippen molar-refractivity contribution < 1.29 is 18.0 Å². The molecule has 0 radical (unpaired) electrons. The summed E-state index contributed by atoms with van der Waals surface area (Å²) in [5.41, 5.74) is 2.57. The van der Waals surface area contributed by atoms with E-state index in [0.29, 0.717) is 22.6 Å². The number of amides is 1. The van der Waals surface area contributed by atoms with Crippen LogP contribution in [-0.2, 0) is 17.5 Å². The first-order chi connectivity index (χ1) is 16.3. The van der Waals surface area contributed by atoms with Crippen LogP contribution in [0.1, 0.15) is 27.9 Å². The summed E-state index contributed by atoms with van der Waals surface area (Å²) in [5, 5.41) is 7.22. The van der Waals surface area contributed by atoms with Crippen molar-refractivity contribution in [3.63, 3.8) is 0 Å². The number of aryl methyl sites for hydroxylation is 1. The van der Waals surface area contributed by atoms with E-state index >= 15 is 0 Å². The third-order valence-corrected chi connectivity index (χ3v) is 5.25. The molecule has 0 bridgehead atoms. The molecule has 0 saturated carbocycles. The van der Waals surface area contributed by atoms with E-state index in [-0.39, 0.29) is 12.5 Å². The fraction of sp³-hybridized carbons (Fsp3) is 0.111. The van der Waals surface area contributed by atoms with Crippen LogP contribution in [0.15, 0.2) is 91.0 Å². The topological polar surface area (TPSA) is 46.9 Å². The smallest absolute Gasteiger partial charge is 0.305 e. The Morgan fingerprint density at radius 3 is 2.29 bits per heavy atom. The van der Waals surface area contributed by atoms with Crippen LogP contribution >= 0.6 is 0 Å². The van der Waals surface area contributed by atoms with Crippen LogP contribution < -0.4 is 5.32 Å². The van der Waals surface area contributed by atoms with E-state index in [1.54, 1.807) is 29.8 Å². The van der Waals surface area contributed by atoms with Crippen molar-refractivity contribution in [2.45, 2.75) is 19.6 Å². The Morgan fingerprint density at radius 1 is 0.941 bits per heavy atom. The van der Waals surface area contributed by atoms with Crippen LogP contribution in [0, 0.1) is 6.92 Å². The zero-order chi connectivity index (χ0) is 24.1. The molecule has 4 nitrogen and oxygen atoms in total. The van der Waals surface area contributed by atoms with Gasteiger partial charge in [0.2, 0.25) is 0 Å². The molecule has 0 spiro atoms. The molecule has 3 aromatic carbocycles. The molecule has 0 unspecified atom stereocenters. The lowest BCUT2D eigenvalue weighted by Gasteiger charge is -2.10. The molecule has 0 fully saturated rings. The summed E-state index contributed by atoms with van der Waals surface area (Å²) in [5.74, 6) is -0.0110. The van der Waals surface area contributed by atoms with Crippen molar-refractivity contribution in [2.75, 3.05) is 5.32 Å². The number of anilines is 1. The van der Waals surface area contributed by atoms with Gasteiger partial charge in [0.15, 0.2) is 5.82 Å². The second kappa shape index (κ2) is 9.79. The molecule has 172 valence electrons. The zero-order valence-corrected chi connectivity index (χ0v) is 18.4. The minimum Gasteiger partial charge on any atom is -0.305 e. The highest BCUT2D eigenvalue weighted by atomic mass is 19.4. The van der Waals surface area contributed by atoms with E-state index in [9.17, 15) is 18.0 Å². The van der Waals surface area contributed by atoms with Gasteiger partial charge in [0, 0.05) is 17.3 Å². The molecular weight excluding hydrogens is 439 g/mol. The third-order valence-electron chi connectivity index (χ3n) is 5.25. The van der Waals surface area contributed by atoms with Gasteiger partial charge in [0.25, 0.3) is 5.91 Å². The van der Waals surface area contributed by atoms with Gasteiger partial charge in [0.05, 0.1) is 12.1 Å². The molecule has 4 aromatic rings. The van der Waals surface area contributed by atoms with Crippen molar-refractivity contribution in [3.8, 4) is 0 Å². The van der Waals surface area contributed by atoms with Gasteiger partial charge in [-0.25, -0.2) is 0 Å². The number of aromatic nitrogens is 2. The highest BCUT2D eigenvalue weighted by molar-refractivity contribution is 6.29. The number of halogens is 3. The molecule has 7 heteroatoms. The molecule has 1 heterocycles. The van der Waals surface area contributed by atoms with Gasteiger partial charge in [-0.2, -0.15) is 18.3 Å². The number of benzene rings is 3. The van der Waals surface area contributed by atoms with E-state index in [4.69, 9.17) is 0 Å². The molecule has 0 aliphatic carbocycles. The summed E-state index contributed by atoms with van der Waals surface area (Å²) in [6.45, 7) is 1.94. The standard InChI is InChI=1S/C27H22F3N3O/c1-19-15-25(32-33(19)18-21-11-8-14-23(16-21)27(28,29)30)31-26(34)24(22-12-6-3-7-13-22)17-20-9-4-2-5-10-20/h2-17H,18H2,1H3,(H,31,32,34)/b24-17-. The Morgan fingerprint density at radius 2 is 1.62 bits per heavy atom. The first-order valence-corrected chi connectivity index (χ1v) is 10.6. The van der Waals surface area contributed by atoms with E-state index in [1.165, 1.54) is 6.07 Å². The number of alkyl halides is 3. The molecule has 4 rings (SSSR count). The Kier molecular flexibility index (Phi) is 6.63. The fourth-order valence-corrected chi connectivity index (χ4v) is 3.55. The number of nitrogens with one attached hydrogen (secondary N) is 1. The van der Waals surface area contributed by atoms with Gasteiger partial charge in [-0.1, -0.05) is 72.8 Å². The molecule has 0 saturated heterocycles. The van der Waals surface area contributed by atoms with Gasteiger partial charge < -0.3 is 5.32 Å². The Hall–Kier alpha value is -4.13. The van der Waals surface area contributed by atoms with Crippen LogP contribution in [0.2, 0.25) is 0 Å². The summed E-state index contributed by atoms with van der Waals surface area (Å²) in [6, 6.07) is 25.6. The molecule has 1 aromatic heterocycles. The fourth-order valence-electron chi connectivity index (χ4n) is 3.55. The van der Waals surface area contributed by atoms with E-state index < -0.39 is 11.7 Å². The summed E-state index contributed by atoms with van der Waals surface area (Å²) >= 11 is 0. The predicted octanol–water partition coefficient (Wildman–Crippen LogP) is 6.44. The number of carbonyl (C=O) groups excluding carboxylic acids is 1. The molecular formula is C27H22F3N3O. The minimum atomic E-state index is -4.41. The summed E-state index contributed by atoms with van der Waals surface area (Å²) in [4.78, 5) is 13.2. The molecule has 1 amide bonds. The average molecular weight is 461 g/mol. The summed E-state index contributed by atoms with van der Waals surface area (Å²) in [7, 11) is 0. The Bertz CT molecular complexity index is 1310. The van der Waals surface area contributed by atoms with Crippen molar-refractivity contribution in [3.05, 3.63) is 119 Å². The molecule has 34 heavy (non-hydrogen) atoms. The highest BCUT2D eigenvalue weighted by Gasteiger charge is 2.30. The van der Waals surface area contributed by atoms with Crippen LogP contribution in [0.5, 0.6) is 0 Å². The highest BCUT2D eigenvalue weighted by Crippen LogP contribution is 2.30. The van der Waals surface area contributed by atoms with E-state index in [2.05, 4.69) is 10.4 Å². The van der Waals surface area contributed by atoms with Crippen molar-refractivity contribution in [1.82, 2.24) is 9.78 Å². The SMILES string of the molecule is Cc1cc(NC(=O)/C(=C\c2ccccc2)c2ccccc2)nn1Cc1cccc(C(F)(F)F)c1. The predicted molar refractivity (Wildman–Crippen MR) is 127 cm³/mol. The molecule has 1 N–H and O–H groups in total.